The molecule has 0 amide bonds. The van der Waals surface area contributed by atoms with E-state index in [0.29, 0.717) is 29.7 Å². The molecule has 2 unspecified atom stereocenters. The summed E-state index contributed by atoms with van der Waals surface area (Å²) in [5.41, 5.74) is 1.49. The van der Waals surface area contributed by atoms with Gasteiger partial charge in [0.15, 0.2) is 0 Å². The van der Waals surface area contributed by atoms with Crippen LogP contribution in [-0.4, -0.2) is 38.9 Å². The summed E-state index contributed by atoms with van der Waals surface area (Å²) in [5, 5.41) is 0. The van der Waals surface area contributed by atoms with Crippen LogP contribution in [0.2, 0.25) is 0 Å². The van der Waals surface area contributed by atoms with Gasteiger partial charge >= 0.3 is 11.9 Å². The van der Waals surface area contributed by atoms with Crippen molar-refractivity contribution in [3.63, 3.8) is 0 Å². The van der Waals surface area contributed by atoms with Crippen LogP contribution in [0.15, 0.2) is 23.8 Å². The van der Waals surface area contributed by atoms with Crippen LogP contribution in [0, 0.1) is 16.6 Å². The molecule has 0 N–H and O–H groups in total. The molecule has 1 aromatic carbocycles. The first-order valence-corrected chi connectivity index (χ1v) is 8.59. The molecule has 5 nitrogen and oxygen atoms in total. The Labute approximate surface area is 151 Å². The fourth-order valence-electron chi connectivity index (χ4n) is 5.13. The average molecular weight is 360 g/mol. The van der Waals surface area contributed by atoms with E-state index in [1.165, 1.54) is 26.4 Å². The van der Waals surface area contributed by atoms with Gasteiger partial charge in [-0.2, -0.15) is 0 Å². The molecule has 1 saturated heterocycles. The summed E-state index contributed by atoms with van der Waals surface area (Å²) in [6.45, 7) is 4.45. The number of methoxy groups -OCH3 is 2. The highest BCUT2D eigenvalue weighted by Crippen LogP contribution is 2.69. The van der Waals surface area contributed by atoms with Crippen LogP contribution in [0.1, 0.15) is 37.3 Å². The fourth-order valence-corrected chi connectivity index (χ4v) is 5.13. The zero-order valence-electron chi connectivity index (χ0n) is 15.2. The Morgan fingerprint density at radius 2 is 1.96 bits per heavy atom. The molecule has 1 aliphatic heterocycles. The number of hydrogen-bond acceptors (Lipinski definition) is 5. The summed E-state index contributed by atoms with van der Waals surface area (Å²) >= 11 is 0. The van der Waals surface area contributed by atoms with E-state index in [9.17, 15) is 14.0 Å². The molecule has 6 heteroatoms. The second-order valence-corrected chi connectivity index (χ2v) is 7.75. The molecule has 3 aliphatic rings. The Bertz CT molecular complexity index is 860. The number of ether oxygens (including phenoxy) is 3. The van der Waals surface area contributed by atoms with Gasteiger partial charge in [-0.1, -0.05) is 19.9 Å². The molecule has 4 rings (SSSR count). The van der Waals surface area contributed by atoms with Crippen molar-refractivity contribution in [1.29, 1.82) is 0 Å². The quantitative estimate of drug-likeness (QED) is 0.759. The molecule has 1 heterocycles. The van der Waals surface area contributed by atoms with Gasteiger partial charge in [0.2, 0.25) is 0 Å². The van der Waals surface area contributed by atoms with Gasteiger partial charge in [0.1, 0.15) is 11.7 Å². The number of halogens is 1. The van der Waals surface area contributed by atoms with Crippen molar-refractivity contribution in [2.45, 2.75) is 32.3 Å². The Morgan fingerprint density at radius 1 is 1.23 bits per heavy atom. The second kappa shape index (κ2) is 5.39. The van der Waals surface area contributed by atoms with E-state index in [1.54, 1.807) is 6.07 Å². The van der Waals surface area contributed by atoms with Gasteiger partial charge in [-0.05, 0) is 35.3 Å². The molecule has 1 aromatic rings. The predicted octanol–water partition coefficient (Wildman–Crippen LogP) is 2.84. The molecule has 26 heavy (non-hydrogen) atoms. The predicted molar refractivity (Wildman–Crippen MR) is 90.7 cm³/mol. The minimum Gasteiger partial charge on any atom is -0.468 e. The van der Waals surface area contributed by atoms with E-state index in [1.807, 2.05) is 13.8 Å². The molecular formula is C20H21FO5. The maximum Gasteiger partial charge on any atom is 0.334 e. The van der Waals surface area contributed by atoms with E-state index in [-0.39, 0.29) is 5.41 Å². The number of benzene rings is 1. The maximum atomic E-state index is 14.1. The summed E-state index contributed by atoms with van der Waals surface area (Å²) in [5.74, 6) is -1.91. The third-order valence-electron chi connectivity index (χ3n) is 6.60. The largest absolute Gasteiger partial charge is 0.468 e. The first kappa shape index (κ1) is 17.2. The van der Waals surface area contributed by atoms with Crippen molar-refractivity contribution in [3.05, 3.63) is 40.7 Å². The minimum absolute atomic E-state index is 0.382. The Balaban J connectivity index is 2.07. The Morgan fingerprint density at radius 3 is 2.62 bits per heavy atom. The summed E-state index contributed by atoms with van der Waals surface area (Å²) in [7, 11) is 2.68. The number of carbonyl (C=O) groups is 2. The summed E-state index contributed by atoms with van der Waals surface area (Å²) in [6, 6.07) is 4.30. The average Bonchev–Trinajstić information content (AvgIpc) is 3.02. The van der Waals surface area contributed by atoms with Gasteiger partial charge in [0.05, 0.1) is 26.9 Å². The van der Waals surface area contributed by atoms with E-state index < -0.39 is 35.2 Å². The number of esters is 2. The first-order chi connectivity index (χ1) is 12.3. The lowest BCUT2D eigenvalue weighted by molar-refractivity contribution is -0.147. The van der Waals surface area contributed by atoms with E-state index in [0.717, 1.165) is 5.57 Å². The van der Waals surface area contributed by atoms with Gasteiger partial charge < -0.3 is 14.2 Å². The summed E-state index contributed by atoms with van der Waals surface area (Å²) in [4.78, 5) is 25.1. The molecular weight excluding hydrogens is 339 g/mol. The third-order valence-corrected chi connectivity index (χ3v) is 6.60. The van der Waals surface area contributed by atoms with Crippen LogP contribution in [0.4, 0.5) is 4.39 Å². The molecule has 0 aromatic heterocycles. The van der Waals surface area contributed by atoms with Crippen molar-refractivity contribution >= 4 is 17.5 Å². The normalized spacial score (nSPS) is 34.3. The van der Waals surface area contributed by atoms with Gasteiger partial charge in [0.25, 0.3) is 0 Å². The van der Waals surface area contributed by atoms with Crippen molar-refractivity contribution in [1.82, 2.24) is 0 Å². The summed E-state index contributed by atoms with van der Waals surface area (Å²) in [6.07, 6.45) is -0.0126. The zero-order chi connectivity index (χ0) is 18.9. The highest BCUT2D eigenvalue weighted by Gasteiger charge is 2.68. The molecule has 1 fully saturated rings. The SMILES string of the molecule is COC(=O)C1=C2c3cc(F)ccc3C(C(=O)OC)C3OC[C@@](C)(C1)[C@@]23C. The Hall–Kier alpha value is -2.21. The Kier molecular flexibility index (Phi) is 3.57. The number of rotatable bonds is 2. The monoisotopic (exact) mass is 360 g/mol. The molecule has 0 spiro atoms. The van der Waals surface area contributed by atoms with Crippen molar-refractivity contribution in [2.75, 3.05) is 20.8 Å². The standard InChI is InChI=1S/C20H21FO5/c1-19-8-13(17(22)24-3)15-12-7-10(21)5-6-11(12)14(18(23)25-4)16(26-9-19)20(15,19)2/h5-7,14,16H,8-9H2,1-4H3/t14?,16?,19-,20+/m1/s1. The van der Waals surface area contributed by atoms with Crippen LogP contribution >= 0.6 is 0 Å². The lowest BCUT2D eigenvalue weighted by Crippen LogP contribution is -2.46. The van der Waals surface area contributed by atoms with E-state index in [2.05, 4.69) is 0 Å². The van der Waals surface area contributed by atoms with Gasteiger partial charge in [-0.3, -0.25) is 4.79 Å². The van der Waals surface area contributed by atoms with E-state index >= 15 is 0 Å². The lowest BCUT2D eigenvalue weighted by Gasteiger charge is -2.45. The third kappa shape index (κ3) is 1.88. The van der Waals surface area contributed by atoms with Crippen molar-refractivity contribution in [3.8, 4) is 0 Å². The molecule has 0 radical (unpaired) electrons. The van der Waals surface area contributed by atoms with E-state index in [4.69, 9.17) is 14.2 Å². The molecule has 4 atom stereocenters. The minimum atomic E-state index is -0.664. The van der Waals surface area contributed by atoms with Gasteiger partial charge in [0, 0.05) is 16.4 Å². The molecule has 0 saturated carbocycles. The first-order valence-electron chi connectivity index (χ1n) is 8.59. The van der Waals surface area contributed by atoms with Crippen LogP contribution in [0.3, 0.4) is 0 Å². The maximum absolute atomic E-state index is 14.1. The number of carbonyl (C=O) groups excluding carboxylic acids is 2. The lowest BCUT2D eigenvalue weighted by atomic mass is 9.56. The number of fused-ring (bicyclic) bond motifs is 2. The highest BCUT2D eigenvalue weighted by atomic mass is 19.1. The molecule has 0 bridgehead atoms. The summed E-state index contributed by atoms with van der Waals surface area (Å²) < 4.78 is 30.2. The van der Waals surface area contributed by atoms with Crippen LogP contribution < -0.4 is 0 Å². The zero-order valence-corrected chi connectivity index (χ0v) is 15.2. The second-order valence-electron chi connectivity index (χ2n) is 7.75. The smallest absolute Gasteiger partial charge is 0.334 e. The van der Waals surface area contributed by atoms with Gasteiger partial charge in [-0.25, -0.2) is 9.18 Å². The number of hydrogen-bond donors (Lipinski definition) is 0. The van der Waals surface area contributed by atoms with Crippen molar-refractivity contribution < 1.29 is 28.2 Å². The highest BCUT2D eigenvalue weighted by molar-refractivity contribution is 6.03. The topological polar surface area (TPSA) is 61.8 Å². The van der Waals surface area contributed by atoms with Crippen LogP contribution in [0.25, 0.3) is 5.57 Å². The molecule has 138 valence electrons. The fraction of sp³-hybridized carbons (Fsp3) is 0.500. The van der Waals surface area contributed by atoms with Crippen molar-refractivity contribution in [2.24, 2.45) is 10.8 Å². The van der Waals surface area contributed by atoms with Crippen LogP contribution in [-0.2, 0) is 23.8 Å². The molecule has 2 aliphatic carbocycles. The van der Waals surface area contributed by atoms with Crippen LogP contribution in [0.5, 0.6) is 0 Å². The van der Waals surface area contributed by atoms with Gasteiger partial charge in [-0.15, -0.1) is 0 Å².